The van der Waals surface area contributed by atoms with Crippen LogP contribution in [0.1, 0.15) is 26.3 Å². The molecule has 4 rings (SSSR count). The quantitative estimate of drug-likeness (QED) is 0.339. The lowest BCUT2D eigenvalue weighted by molar-refractivity contribution is 0.0636. The fourth-order valence-corrected chi connectivity index (χ4v) is 4.70. The largest absolute Gasteiger partial charge is 0.493 e. The number of nitriles is 1. The van der Waals surface area contributed by atoms with Gasteiger partial charge in [0.1, 0.15) is 34.3 Å². The first kappa shape index (κ1) is 22.6. The van der Waals surface area contributed by atoms with Crippen molar-refractivity contribution in [2.24, 2.45) is 0 Å². The summed E-state index contributed by atoms with van der Waals surface area (Å²) in [5.74, 6) is -1.99. The third-order valence-corrected chi connectivity index (χ3v) is 6.00. The number of amides is 1. The number of halogens is 3. The number of benzene rings is 2. The van der Waals surface area contributed by atoms with Crippen molar-refractivity contribution in [2.75, 3.05) is 5.32 Å². The van der Waals surface area contributed by atoms with Gasteiger partial charge in [-0.05, 0) is 38.5 Å². The van der Waals surface area contributed by atoms with Gasteiger partial charge in [0.15, 0.2) is 5.82 Å². The van der Waals surface area contributed by atoms with Gasteiger partial charge in [-0.2, -0.15) is 5.26 Å². The third kappa shape index (κ3) is 4.01. The van der Waals surface area contributed by atoms with E-state index >= 15 is 4.39 Å². The van der Waals surface area contributed by atoms with E-state index in [2.05, 4.69) is 15.3 Å². The molecule has 7 nitrogen and oxygen atoms in total. The van der Waals surface area contributed by atoms with Crippen LogP contribution in [0, 0.1) is 23.0 Å². The molecule has 33 heavy (non-hydrogen) atoms. The van der Waals surface area contributed by atoms with Crippen LogP contribution in [0.4, 0.5) is 18.6 Å². The van der Waals surface area contributed by atoms with E-state index in [0.29, 0.717) is 0 Å². The summed E-state index contributed by atoms with van der Waals surface area (Å²) in [5.41, 5.74) is -1.07. The molecule has 0 aliphatic carbocycles. The van der Waals surface area contributed by atoms with Crippen LogP contribution >= 0.6 is 22.9 Å². The maximum atomic E-state index is 15.5. The molecule has 2 heterocycles. The number of nitrogens with zero attached hydrogens (tertiary/aromatic N) is 3. The Balaban J connectivity index is 1.98. The van der Waals surface area contributed by atoms with Gasteiger partial charge < -0.3 is 9.84 Å². The zero-order chi connectivity index (χ0) is 24.1. The number of anilines is 1. The predicted molar refractivity (Wildman–Crippen MR) is 122 cm³/mol. The summed E-state index contributed by atoms with van der Waals surface area (Å²) in [6.07, 6.45) is 0.168. The van der Waals surface area contributed by atoms with Crippen molar-refractivity contribution in [3.63, 3.8) is 0 Å². The molecular formula is C22H15ClF2N4O3S. The molecule has 0 aliphatic heterocycles. The van der Waals surface area contributed by atoms with Gasteiger partial charge >= 0.3 is 6.09 Å². The average molecular weight is 489 g/mol. The maximum absolute atomic E-state index is 15.5. The number of thiophene rings is 1. The number of carbonyl (C=O) groups is 1. The van der Waals surface area contributed by atoms with Crippen LogP contribution in [0.15, 0.2) is 24.5 Å². The molecule has 0 saturated heterocycles. The Morgan fingerprint density at radius 2 is 2.03 bits per heavy atom. The summed E-state index contributed by atoms with van der Waals surface area (Å²) < 4.78 is 35.5. The standard InChI is InChI=1S/C22H15ClF2N4O3S/c1-22(2,3)32-21(31)29-20-11(7-26)14-9(4-5-13(24)18(14)33-20)15-12(23)6-10-17(16(15)25)27-8-28-19(10)30/h4-6,8H,1-3H3,(H,29,31)(H,27,28,30). The SMILES string of the molecule is CC(C)(C)OC(=O)Nc1sc2c(F)ccc(-c3c(Cl)cc4c(O)ncnc4c3F)c2c1C#N. The minimum Gasteiger partial charge on any atom is -0.493 e. The van der Waals surface area contributed by atoms with Crippen LogP contribution in [0.25, 0.3) is 32.1 Å². The highest BCUT2D eigenvalue weighted by atomic mass is 35.5. The number of carbonyl (C=O) groups excluding carboxylic acids is 1. The molecular weight excluding hydrogens is 474 g/mol. The zero-order valence-corrected chi connectivity index (χ0v) is 19.0. The second kappa shape index (κ2) is 8.10. The second-order valence-corrected chi connectivity index (χ2v) is 9.41. The number of nitrogens with one attached hydrogen (secondary N) is 1. The molecule has 0 aliphatic rings. The highest BCUT2D eigenvalue weighted by molar-refractivity contribution is 7.23. The van der Waals surface area contributed by atoms with Gasteiger partial charge in [-0.1, -0.05) is 17.7 Å². The molecule has 0 saturated carbocycles. The van der Waals surface area contributed by atoms with Crippen molar-refractivity contribution in [2.45, 2.75) is 26.4 Å². The van der Waals surface area contributed by atoms with Gasteiger partial charge in [0.25, 0.3) is 0 Å². The zero-order valence-electron chi connectivity index (χ0n) is 17.5. The van der Waals surface area contributed by atoms with Crippen LogP contribution in [-0.2, 0) is 4.74 Å². The topological polar surface area (TPSA) is 108 Å². The molecule has 1 amide bonds. The van der Waals surface area contributed by atoms with Gasteiger partial charge in [0.05, 0.1) is 20.7 Å². The van der Waals surface area contributed by atoms with Gasteiger partial charge in [-0.25, -0.2) is 23.5 Å². The van der Waals surface area contributed by atoms with Crippen molar-refractivity contribution >= 4 is 55.0 Å². The highest BCUT2D eigenvalue weighted by Gasteiger charge is 2.26. The van der Waals surface area contributed by atoms with Crippen LogP contribution in [0.2, 0.25) is 5.02 Å². The summed E-state index contributed by atoms with van der Waals surface area (Å²) in [5, 5.41) is 22.2. The molecule has 0 fully saturated rings. The first-order chi connectivity index (χ1) is 15.5. The Morgan fingerprint density at radius 3 is 2.70 bits per heavy atom. The highest BCUT2D eigenvalue weighted by Crippen LogP contribution is 2.46. The second-order valence-electron chi connectivity index (χ2n) is 7.98. The molecule has 0 bridgehead atoms. The predicted octanol–water partition coefficient (Wildman–Crippen LogP) is 6.37. The van der Waals surface area contributed by atoms with Crippen LogP contribution in [0.5, 0.6) is 5.88 Å². The van der Waals surface area contributed by atoms with Gasteiger partial charge in [0, 0.05) is 10.9 Å². The summed E-state index contributed by atoms with van der Waals surface area (Å²) in [6, 6.07) is 5.65. The van der Waals surface area contributed by atoms with Crippen molar-refractivity contribution in [3.8, 4) is 23.1 Å². The molecule has 0 radical (unpaired) electrons. The summed E-state index contributed by atoms with van der Waals surface area (Å²) in [4.78, 5) is 19.7. The van der Waals surface area contributed by atoms with Crippen LogP contribution in [-0.4, -0.2) is 26.8 Å². The Morgan fingerprint density at radius 1 is 1.30 bits per heavy atom. The number of ether oxygens (including phenoxy) is 1. The molecule has 4 aromatic rings. The molecule has 0 atom stereocenters. The Hall–Kier alpha value is -3.55. The first-order valence-corrected chi connectivity index (χ1v) is 10.7. The Labute approximate surface area is 195 Å². The lowest BCUT2D eigenvalue weighted by Gasteiger charge is -2.19. The number of fused-ring (bicyclic) bond motifs is 2. The fourth-order valence-electron chi connectivity index (χ4n) is 3.33. The van der Waals surface area contributed by atoms with Crippen molar-refractivity contribution in [1.82, 2.24) is 9.97 Å². The van der Waals surface area contributed by atoms with Crippen molar-refractivity contribution < 1.29 is 23.4 Å². The van der Waals surface area contributed by atoms with E-state index in [0.717, 1.165) is 23.7 Å². The van der Waals surface area contributed by atoms with E-state index in [1.807, 2.05) is 6.07 Å². The maximum Gasteiger partial charge on any atom is 0.412 e. The monoisotopic (exact) mass is 488 g/mol. The molecule has 0 unspecified atom stereocenters. The van der Waals surface area contributed by atoms with Crippen LogP contribution in [0.3, 0.4) is 0 Å². The summed E-state index contributed by atoms with van der Waals surface area (Å²) in [7, 11) is 0. The number of hydrogen-bond acceptors (Lipinski definition) is 7. The third-order valence-electron chi connectivity index (χ3n) is 4.59. The van der Waals surface area contributed by atoms with E-state index < -0.39 is 29.2 Å². The molecule has 2 aromatic heterocycles. The van der Waals surface area contributed by atoms with Gasteiger partial charge in [0.2, 0.25) is 5.88 Å². The fraction of sp³-hybridized carbons (Fsp3) is 0.182. The van der Waals surface area contributed by atoms with Gasteiger partial charge in [-0.3, -0.25) is 5.32 Å². The summed E-state index contributed by atoms with van der Waals surface area (Å²) >= 11 is 7.16. The minimum atomic E-state index is -0.875. The average Bonchev–Trinajstić information content (AvgIpc) is 3.08. The van der Waals surface area contributed by atoms with E-state index in [9.17, 15) is 19.6 Å². The van der Waals surface area contributed by atoms with E-state index in [4.69, 9.17) is 16.3 Å². The molecule has 0 spiro atoms. The Bertz CT molecular complexity index is 1490. The van der Waals surface area contributed by atoms with Crippen molar-refractivity contribution in [3.05, 3.63) is 46.7 Å². The van der Waals surface area contributed by atoms with Crippen LogP contribution < -0.4 is 5.32 Å². The minimum absolute atomic E-state index is 0.000197. The van der Waals surface area contributed by atoms with E-state index in [-0.39, 0.29) is 47.7 Å². The molecule has 168 valence electrons. The summed E-state index contributed by atoms with van der Waals surface area (Å²) in [6.45, 7) is 5.02. The van der Waals surface area contributed by atoms with E-state index in [1.165, 1.54) is 12.1 Å². The Kier molecular flexibility index (Phi) is 5.56. The normalized spacial score (nSPS) is 11.5. The number of aromatic nitrogens is 2. The lowest BCUT2D eigenvalue weighted by atomic mass is 9.97. The van der Waals surface area contributed by atoms with E-state index in [1.54, 1.807) is 20.8 Å². The number of rotatable bonds is 2. The van der Waals surface area contributed by atoms with Crippen molar-refractivity contribution in [1.29, 1.82) is 5.26 Å². The lowest BCUT2D eigenvalue weighted by Crippen LogP contribution is -2.27. The smallest absolute Gasteiger partial charge is 0.412 e. The molecule has 2 aromatic carbocycles. The van der Waals surface area contributed by atoms with Gasteiger partial charge in [-0.15, -0.1) is 11.3 Å². The number of hydrogen-bond donors (Lipinski definition) is 2. The first-order valence-electron chi connectivity index (χ1n) is 9.49. The number of aromatic hydroxyl groups is 1. The molecule has 11 heteroatoms. The molecule has 2 N–H and O–H groups in total.